The average molecular weight is 355 g/mol. The van der Waals surface area contributed by atoms with E-state index in [-0.39, 0.29) is 0 Å². The summed E-state index contributed by atoms with van der Waals surface area (Å²) in [7, 11) is 2.49. The Kier molecular flexibility index (Phi) is 18.7. The van der Waals surface area contributed by atoms with Crippen LogP contribution in [0.25, 0.3) is 0 Å². The van der Waals surface area contributed by atoms with E-state index in [2.05, 4.69) is 27.8 Å². The third-order valence-electron chi connectivity index (χ3n) is 6.12. The van der Waals surface area contributed by atoms with Crippen molar-refractivity contribution in [3.8, 4) is 0 Å². The lowest BCUT2D eigenvalue weighted by molar-refractivity contribution is -0.908. The van der Waals surface area contributed by atoms with Crippen molar-refractivity contribution in [3.63, 3.8) is 0 Å². The molecular formula is C24H52N+. The van der Waals surface area contributed by atoms with Gasteiger partial charge in [0.2, 0.25) is 0 Å². The number of unbranched alkanes of at least 4 members (excludes halogenated alkanes) is 15. The number of nitrogens with zero attached hydrogens (tertiary/aromatic N) is 1. The summed E-state index contributed by atoms with van der Waals surface area (Å²) in [5.74, 6) is 0. The van der Waals surface area contributed by atoms with Crippen LogP contribution in [-0.2, 0) is 0 Å². The normalized spacial score (nSPS) is 13.9. The highest BCUT2D eigenvalue weighted by Gasteiger charge is 2.17. The highest BCUT2D eigenvalue weighted by atomic mass is 15.3. The lowest BCUT2D eigenvalue weighted by Gasteiger charge is -2.33. The van der Waals surface area contributed by atoms with Crippen LogP contribution in [0.1, 0.15) is 130 Å². The standard InChI is InChI=1S/C24H52N/c1-5-8-10-12-14-16-18-20-22-24-25(4,7-3)23-21-19-17-15-13-11-9-6-2/h5-24H2,1-4H3/q+1. The molecule has 1 heteroatoms. The Morgan fingerprint density at radius 2 is 0.680 bits per heavy atom. The van der Waals surface area contributed by atoms with Gasteiger partial charge in [-0.2, -0.15) is 0 Å². The van der Waals surface area contributed by atoms with E-state index in [1.807, 2.05) is 0 Å². The van der Waals surface area contributed by atoms with E-state index in [0.717, 1.165) is 0 Å². The molecule has 0 bridgehead atoms. The Balaban J connectivity index is 3.50. The molecule has 1 unspecified atom stereocenters. The molecule has 0 spiro atoms. The fraction of sp³-hybridized carbons (Fsp3) is 1.00. The minimum absolute atomic E-state index is 1.31. The lowest BCUT2D eigenvalue weighted by Crippen LogP contribution is -2.45. The highest BCUT2D eigenvalue weighted by molar-refractivity contribution is 4.49. The van der Waals surface area contributed by atoms with E-state index in [1.54, 1.807) is 0 Å². The van der Waals surface area contributed by atoms with Gasteiger partial charge in [-0.3, -0.25) is 0 Å². The summed E-state index contributed by atoms with van der Waals surface area (Å²) < 4.78 is 1.31. The number of quaternary nitrogens is 1. The van der Waals surface area contributed by atoms with E-state index < -0.39 is 0 Å². The molecule has 1 nitrogen and oxygen atoms in total. The molecule has 0 fully saturated rings. The first-order valence-corrected chi connectivity index (χ1v) is 12.0. The molecule has 152 valence electrons. The Morgan fingerprint density at radius 3 is 0.960 bits per heavy atom. The molecule has 0 amide bonds. The van der Waals surface area contributed by atoms with Gasteiger partial charge in [-0.25, -0.2) is 0 Å². The quantitative estimate of drug-likeness (QED) is 0.153. The molecule has 1 atom stereocenters. The van der Waals surface area contributed by atoms with Gasteiger partial charge in [-0.15, -0.1) is 0 Å². The maximum absolute atomic E-state index is 2.49. The minimum Gasteiger partial charge on any atom is -0.326 e. The van der Waals surface area contributed by atoms with Crippen molar-refractivity contribution in [3.05, 3.63) is 0 Å². The Bertz CT molecular complexity index is 250. The molecule has 0 heterocycles. The molecule has 0 N–H and O–H groups in total. The predicted octanol–water partition coefficient (Wildman–Crippen LogP) is 8.12. The largest absolute Gasteiger partial charge is 0.326 e. The van der Waals surface area contributed by atoms with Gasteiger partial charge in [0.05, 0.1) is 26.7 Å². The van der Waals surface area contributed by atoms with Gasteiger partial charge in [0.25, 0.3) is 0 Å². The first-order valence-electron chi connectivity index (χ1n) is 12.0. The summed E-state index contributed by atoms with van der Waals surface area (Å²) in [6.07, 6.45) is 24.6. The predicted molar refractivity (Wildman–Crippen MR) is 116 cm³/mol. The third kappa shape index (κ3) is 17.1. The zero-order chi connectivity index (χ0) is 18.6. The second-order valence-corrected chi connectivity index (χ2v) is 8.69. The van der Waals surface area contributed by atoms with Crippen LogP contribution < -0.4 is 0 Å². The fourth-order valence-corrected chi connectivity index (χ4v) is 3.86. The lowest BCUT2D eigenvalue weighted by atomic mass is 10.1. The van der Waals surface area contributed by atoms with Crippen molar-refractivity contribution in [2.45, 2.75) is 130 Å². The van der Waals surface area contributed by atoms with Crippen LogP contribution in [0.3, 0.4) is 0 Å². The van der Waals surface area contributed by atoms with Crippen molar-refractivity contribution in [2.75, 3.05) is 26.7 Å². The maximum Gasteiger partial charge on any atom is 0.0784 e. The summed E-state index contributed by atoms with van der Waals surface area (Å²) in [5.41, 5.74) is 0. The van der Waals surface area contributed by atoms with Crippen molar-refractivity contribution >= 4 is 0 Å². The fourth-order valence-electron chi connectivity index (χ4n) is 3.86. The Hall–Kier alpha value is -0.0400. The smallest absolute Gasteiger partial charge is 0.0784 e. The Labute approximate surface area is 161 Å². The first kappa shape index (κ1) is 25.0. The van der Waals surface area contributed by atoms with Crippen molar-refractivity contribution < 1.29 is 4.48 Å². The van der Waals surface area contributed by atoms with Crippen molar-refractivity contribution in [1.29, 1.82) is 0 Å². The molecule has 0 aliphatic carbocycles. The monoisotopic (exact) mass is 354 g/mol. The van der Waals surface area contributed by atoms with Crippen LogP contribution in [0.4, 0.5) is 0 Å². The van der Waals surface area contributed by atoms with Crippen LogP contribution in [0, 0.1) is 0 Å². The molecule has 0 aliphatic heterocycles. The summed E-state index contributed by atoms with van der Waals surface area (Å²) in [6.45, 7) is 11.1. The third-order valence-corrected chi connectivity index (χ3v) is 6.12. The van der Waals surface area contributed by atoms with Gasteiger partial charge < -0.3 is 4.48 Å². The summed E-state index contributed by atoms with van der Waals surface area (Å²) in [5, 5.41) is 0. The van der Waals surface area contributed by atoms with E-state index in [0.29, 0.717) is 0 Å². The van der Waals surface area contributed by atoms with Gasteiger partial charge in [0.15, 0.2) is 0 Å². The molecule has 0 aliphatic rings. The molecular weight excluding hydrogens is 302 g/mol. The molecule has 0 aromatic heterocycles. The Morgan fingerprint density at radius 1 is 0.400 bits per heavy atom. The average Bonchev–Trinajstić information content (AvgIpc) is 2.62. The minimum atomic E-state index is 1.31. The summed E-state index contributed by atoms with van der Waals surface area (Å²) in [6, 6.07) is 0. The number of hydrogen-bond acceptors (Lipinski definition) is 0. The van der Waals surface area contributed by atoms with E-state index in [1.165, 1.54) is 133 Å². The van der Waals surface area contributed by atoms with E-state index in [9.17, 15) is 0 Å². The van der Waals surface area contributed by atoms with Gasteiger partial charge in [0.1, 0.15) is 0 Å². The summed E-state index contributed by atoms with van der Waals surface area (Å²) in [4.78, 5) is 0. The number of rotatable bonds is 20. The highest BCUT2D eigenvalue weighted by Crippen LogP contribution is 2.14. The van der Waals surface area contributed by atoms with Crippen molar-refractivity contribution in [2.24, 2.45) is 0 Å². The van der Waals surface area contributed by atoms with Crippen molar-refractivity contribution in [1.82, 2.24) is 0 Å². The number of hydrogen-bond donors (Lipinski definition) is 0. The maximum atomic E-state index is 2.49. The molecule has 25 heavy (non-hydrogen) atoms. The van der Waals surface area contributed by atoms with Gasteiger partial charge in [-0.1, -0.05) is 97.3 Å². The molecule has 0 rings (SSSR count). The van der Waals surface area contributed by atoms with Gasteiger partial charge in [-0.05, 0) is 32.6 Å². The van der Waals surface area contributed by atoms with Gasteiger partial charge >= 0.3 is 0 Å². The zero-order valence-electron chi connectivity index (χ0n) is 18.6. The second kappa shape index (κ2) is 18.7. The summed E-state index contributed by atoms with van der Waals surface area (Å²) >= 11 is 0. The molecule has 0 radical (unpaired) electrons. The van der Waals surface area contributed by atoms with Gasteiger partial charge in [0, 0.05) is 0 Å². The van der Waals surface area contributed by atoms with E-state index >= 15 is 0 Å². The van der Waals surface area contributed by atoms with E-state index in [4.69, 9.17) is 0 Å². The SMILES string of the molecule is CCCCCCCCCCC[N+](C)(CC)CCCCCCCCCC. The van der Waals surface area contributed by atoms with Crippen LogP contribution >= 0.6 is 0 Å². The second-order valence-electron chi connectivity index (χ2n) is 8.69. The van der Waals surface area contributed by atoms with Crippen LogP contribution in [-0.4, -0.2) is 31.2 Å². The molecule has 0 saturated carbocycles. The topological polar surface area (TPSA) is 0 Å². The van der Waals surface area contributed by atoms with Crippen LogP contribution in [0.15, 0.2) is 0 Å². The van der Waals surface area contributed by atoms with Crippen LogP contribution in [0.5, 0.6) is 0 Å². The zero-order valence-corrected chi connectivity index (χ0v) is 18.6. The molecule has 0 aromatic rings. The first-order chi connectivity index (χ1) is 12.2. The molecule has 0 saturated heterocycles. The molecule has 0 aromatic carbocycles. The van der Waals surface area contributed by atoms with Crippen LogP contribution in [0.2, 0.25) is 0 Å².